The van der Waals surface area contributed by atoms with Gasteiger partial charge in [-0.1, -0.05) is 18.2 Å². The third kappa shape index (κ3) is 3.82. The summed E-state index contributed by atoms with van der Waals surface area (Å²) in [6.07, 6.45) is 1.63. The molecule has 0 aliphatic heterocycles. The van der Waals surface area contributed by atoms with Gasteiger partial charge in [0, 0.05) is 9.13 Å². The predicted molar refractivity (Wildman–Crippen MR) is 95.9 cm³/mol. The number of hydrogen-bond donors (Lipinski definition) is 2. The highest BCUT2D eigenvalue weighted by molar-refractivity contribution is 14.1. The quantitative estimate of drug-likeness (QED) is 0.392. The molecule has 19 heavy (non-hydrogen) atoms. The van der Waals surface area contributed by atoms with Crippen molar-refractivity contribution in [2.75, 3.05) is 5.43 Å². The Bertz CT molecular complexity index is 627. The first-order valence-electron chi connectivity index (χ1n) is 5.60. The normalized spacial score (nSPS) is 10.9. The molecule has 0 spiro atoms. The van der Waals surface area contributed by atoms with Crippen LogP contribution in [0.25, 0.3) is 0 Å². The second-order valence-electron chi connectivity index (χ2n) is 4.01. The number of hydrogen-bond acceptors (Lipinski definition) is 3. The molecule has 5 heteroatoms. The van der Waals surface area contributed by atoms with Gasteiger partial charge < -0.3 is 5.11 Å². The molecule has 0 aliphatic carbocycles. The fourth-order valence-corrected chi connectivity index (χ4v) is 3.44. The Morgan fingerprint density at radius 3 is 2.68 bits per heavy atom. The van der Waals surface area contributed by atoms with Crippen molar-refractivity contribution in [1.29, 1.82) is 0 Å². The Morgan fingerprint density at radius 2 is 1.95 bits per heavy atom. The summed E-state index contributed by atoms with van der Waals surface area (Å²) in [6.45, 7) is 2.02. The average molecular weight is 478 g/mol. The van der Waals surface area contributed by atoms with Gasteiger partial charge in [-0.25, -0.2) is 0 Å². The summed E-state index contributed by atoms with van der Waals surface area (Å²) in [5, 5.41) is 14.1. The lowest BCUT2D eigenvalue weighted by atomic mass is 10.2. The van der Waals surface area contributed by atoms with Gasteiger partial charge in [0.15, 0.2) is 0 Å². The molecule has 0 amide bonds. The maximum Gasteiger partial charge on any atom is 0.137 e. The van der Waals surface area contributed by atoms with Crippen LogP contribution in [0.3, 0.4) is 0 Å². The molecule has 0 unspecified atom stereocenters. The number of anilines is 1. The Kier molecular flexibility index (Phi) is 5.03. The number of hydrazone groups is 1. The van der Waals surface area contributed by atoms with Gasteiger partial charge >= 0.3 is 0 Å². The minimum Gasteiger partial charge on any atom is -0.506 e. The van der Waals surface area contributed by atoms with Crippen molar-refractivity contribution >= 4 is 57.1 Å². The number of aromatic hydroxyl groups is 1. The van der Waals surface area contributed by atoms with Crippen molar-refractivity contribution in [3.63, 3.8) is 0 Å². The molecule has 0 heterocycles. The highest BCUT2D eigenvalue weighted by atomic mass is 127. The molecule has 0 saturated carbocycles. The van der Waals surface area contributed by atoms with Crippen LogP contribution in [0.4, 0.5) is 5.69 Å². The van der Waals surface area contributed by atoms with Crippen molar-refractivity contribution in [3.05, 3.63) is 54.7 Å². The van der Waals surface area contributed by atoms with Crippen molar-refractivity contribution in [1.82, 2.24) is 0 Å². The maximum absolute atomic E-state index is 9.94. The zero-order chi connectivity index (χ0) is 13.8. The van der Waals surface area contributed by atoms with E-state index in [2.05, 4.69) is 55.7 Å². The zero-order valence-corrected chi connectivity index (χ0v) is 14.5. The molecule has 2 aromatic rings. The first-order chi connectivity index (χ1) is 9.08. The minimum absolute atomic E-state index is 0.261. The van der Waals surface area contributed by atoms with E-state index in [9.17, 15) is 5.11 Å². The first-order valence-corrected chi connectivity index (χ1v) is 7.76. The standard InChI is InChI=1S/C14H12I2N2O/c1-9-4-2-3-5-13(9)18-17-8-10-6-11(15)7-12(16)14(10)19/h2-8,18-19H,1H3/b17-8+. The van der Waals surface area contributed by atoms with Crippen molar-refractivity contribution in [2.24, 2.45) is 5.10 Å². The average Bonchev–Trinajstić information content (AvgIpc) is 2.37. The van der Waals surface area contributed by atoms with Gasteiger partial charge in [-0.3, -0.25) is 5.43 Å². The van der Waals surface area contributed by atoms with Crippen LogP contribution in [0.1, 0.15) is 11.1 Å². The van der Waals surface area contributed by atoms with Gasteiger partial charge in [-0.15, -0.1) is 0 Å². The highest BCUT2D eigenvalue weighted by Crippen LogP contribution is 2.25. The van der Waals surface area contributed by atoms with E-state index in [0.29, 0.717) is 5.56 Å². The highest BCUT2D eigenvalue weighted by Gasteiger charge is 2.05. The molecule has 0 aromatic heterocycles. The number of nitrogens with zero attached hydrogens (tertiary/aromatic N) is 1. The zero-order valence-electron chi connectivity index (χ0n) is 10.2. The molecular formula is C14H12I2N2O. The number of nitrogens with one attached hydrogen (secondary N) is 1. The van der Waals surface area contributed by atoms with Gasteiger partial charge in [-0.2, -0.15) is 5.10 Å². The Hall–Kier alpha value is -0.830. The van der Waals surface area contributed by atoms with Crippen LogP contribution in [0.2, 0.25) is 0 Å². The third-order valence-corrected chi connectivity index (χ3v) is 4.04. The van der Waals surface area contributed by atoms with Crippen molar-refractivity contribution in [3.8, 4) is 5.75 Å². The fourth-order valence-electron chi connectivity index (χ4n) is 1.55. The largest absolute Gasteiger partial charge is 0.506 e. The smallest absolute Gasteiger partial charge is 0.137 e. The number of benzene rings is 2. The molecule has 0 fully saturated rings. The van der Waals surface area contributed by atoms with E-state index >= 15 is 0 Å². The summed E-state index contributed by atoms with van der Waals surface area (Å²) in [5.74, 6) is 0.261. The second-order valence-corrected chi connectivity index (χ2v) is 6.42. The lowest BCUT2D eigenvalue weighted by Gasteiger charge is -2.05. The van der Waals surface area contributed by atoms with Crippen LogP contribution in [-0.4, -0.2) is 11.3 Å². The summed E-state index contributed by atoms with van der Waals surface area (Å²) >= 11 is 4.33. The molecule has 0 aliphatic rings. The van der Waals surface area contributed by atoms with Crippen LogP contribution in [-0.2, 0) is 0 Å². The van der Waals surface area contributed by atoms with E-state index in [1.54, 1.807) is 6.21 Å². The number of halogens is 2. The first kappa shape index (κ1) is 14.6. The molecular weight excluding hydrogens is 466 g/mol. The van der Waals surface area contributed by atoms with E-state index in [0.717, 1.165) is 18.4 Å². The number of para-hydroxylation sites is 1. The SMILES string of the molecule is Cc1ccccc1N/N=C/c1cc(I)cc(I)c1O. The van der Waals surface area contributed by atoms with Crippen LogP contribution in [0.15, 0.2) is 41.5 Å². The summed E-state index contributed by atoms with van der Waals surface area (Å²) in [4.78, 5) is 0. The van der Waals surface area contributed by atoms with Gasteiger partial charge in [-0.05, 0) is 75.9 Å². The van der Waals surface area contributed by atoms with Gasteiger partial charge in [0.25, 0.3) is 0 Å². The van der Waals surface area contributed by atoms with Crippen LogP contribution >= 0.6 is 45.2 Å². The summed E-state index contributed by atoms with van der Waals surface area (Å²) in [6, 6.07) is 11.7. The summed E-state index contributed by atoms with van der Waals surface area (Å²) in [7, 11) is 0. The summed E-state index contributed by atoms with van der Waals surface area (Å²) < 4.78 is 1.89. The van der Waals surface area contributed by atoms with E-state index in [-0.39, 0.29) is 5.75 Å². The molecule has 2 rings (SSSR count). The lowest BCUT2D eigenvalue weighted by Crippen LogP contribution is -1.94. The van der Waals surface area contributed by atoms with Crippen LogP contribution < -0.4 is 5.43 Å². The Morgan fingerprint density at radius 1 is 1.21 bits per heavy atom. The topological polar surface area (TPSA) is 44.6 Å². The number of phenolic OH excluding ortho intramolecular Hbond substituents is 1. The molecule has 0 radical (unpaired) electrons. The van der Waals surface area contributed by atoms with E-state index < -0.39 is 0 Å². The van der Waals surface area contributed by atoms with Crippen molar-refractivity contribution in [2.45, 2.75) is 6.92 Å². The van der Waals surface area contributed by atoms with Gasteiger partial charge in [0.05, 0.1) is 15.5 Å². The third-order valence-electron chi connectivity index (χ3n) is 2.59. The second kappa shape index (κ2) is 6.56. The molecule has 3 nitrogen and oxygen atoms in total. The van der Waals surface area contributed by atoms with E-state index in [1.165, 1.54) is 0 Å². The van der Waals surface area contributed by atoms with Crippen molar-refractivity contribution < 1.29 is 5.11 Å². The monoisotopic (exact) mass is 478 g/mol. The van der Waals surface area contributed by atoms with E-state index in [1.807, 2.05) is 43.3 Å². The summed E-state index contributed by atoms with van der Waals surface area (Å²) in [5.41, 5.74) is 5.77. The van der Waals surface area contributed by atoms with E-state index in [4.69, 9.17) is 0 Å². The van der Waals surface area contributed by atoms with Crippen LogP contribution in [0, 0.1) is 14.1 Å². The number of phenols is 1. The molecule has 0 bridgehead atoms. The lowest BCUT2D eigenvalue weighted by molar-refractivity contribution is 0.470. The molecule has 2 aromatic carbocycles. The van der Waals surface area contributed by atoms with Gasteiger partial charge in [0.1, 0.15) is 5.75 Å². The van der Waals surface area contributed by atoms with Gasteiger partial charge in [0.2, 0.25) is 0 Å². The number of rotatable bonds is 3. The maximum atomic E-state index is 9.94. The molecule has 2 N–H and O–H groups in total. The molecule has 0 atom stereocenters. The fraction of sp³-hybridized carbons (Fsp3) is 0.0714. The van der Waals surface area contributed by atoms with Crippen LogP contribution in [0.5, 0.6) is 5.75 Å². The Balaban J connectivity index is 2.18. The minimum atomic E-state index is 0.261. The molecule has 0 saturated heterocycles. The Labute approximate surface area is 139 Å². The molecule has 98 valence electrons. The number of aryl methyl sites for hydroxylation is 1. The predicted octanol–water partition coefficient (Wildman–Crippen LogP) is 4.36.